The number of aryl methyl sites for hydroxylation is 1. The van der Waals surface area contributed by atoms with E-state index in [9.17, 15) is 14.4 Å². The van der Waals surface area contributed by atoms with Crippen molar-refractivity contribution in [2.75, 3.05) is 6.61 Å². The quantitative estimate of drug-likeness (QED) is 0.599. The van der Waals surface area contributed by atoms with Gasteiger partial charge in [0.15, 0.2) is 6.61 Å². The van der Waals surface area contributed by atoms with E-state index in [1.165, 1.54) is 0 Å². The van der Waals surface area contributed by atoms with Crippen LogP contribution in [0, 0.1) is 6.92 Å². The molecule has 1 heterocycles. The van der Waals surface area contributed by atoms with Gasteiger partial charge in [-0.3, -0.25) is 10.1 Å². The molecule has 2 aromatic carbocycles. The average molecular weight is 418 g/mol. The number of urea groups is 1. The second-order valence-corrected chi connectivity index (χ2v) is 7.41. The Kier molecular flexibility index (Phi) is 5.79. The van der Waals surface area contributed by atoms with E-state index in [1.54, 1.807) is 10.9 Å². The lowest BCUT2D eigenvalue weighted by Gasteiger charge is -2.06. The number of rotatable bonds is 6. The molecular formula is C23H22N4O4. The summed E-state index contributed by atoms with van der Waals surface area (Å²) in [7, 11) is 0. The molecule has 8 heteroatoms. The molecule has 0 saturated heterocycles. The van der Waals surface area contributed by atoms with Crippen molar-refractivity contribution in [1.82, 2.24) is 20.4 Å². The van der Waals surface area contributed by atoms with Gasteiger partial charge in [-0.2, -0.15) is 5.10 Å². The number of nitrogens with one attached hydrogen (secondary N) is 2. The van der Waals surface area contributed by atoms with Gasteiger partial charge in [-0.1, -0.05) is 48.0 Å². The molecule has 8 nitrogen and oxygen atoms in total. The van der Waals surface area contributed by atoms with Crippen LogP contribution in [0.1, 0.15) is 28.8 Å². The summed E-state index contributed by atoms with van der Waals surface area (Å²) in [4.78, 5) is 36.3. The van der Waals surface area contributed by atoms with E-state index in [0.29, 0.717) is 5.69 Å². The van der Waals surface area contributed by atoms with Crippen LogP contribution in [0.15, 0.2) is 60.8 Å². The van der Waals surface area contributed by atoms with Crippen LogP contribution in [0.4, 0.5) is 4.79 Å². The van der Waals surface area contributed by atoms with Gasteiger partial charge in [-0.15, -0.1) is 0 Å². The van der Waals surface area contributed by atoms with Crippen LogP contribution >= 0.6 is 0 Å². The van der Waals surface area contributed by atoms with Gasteiger partial charge in [0.05, 0.1) is 5.69 Å². The lowest BCUT2D eigenvalue weighted by Crippen LogP contribution is -2.42. The number of esters is 1. The highest BCUT2D eigenvalue weighted by molar-refractivity contribution is 5.99. The Bertz CT molecular complexity index is 1100. The minimum atomic E-state index is -0.699. The zero-order valence-electron chi connectivity index (χ0n) is 17.0. The maximum atomic E-state index is 12.8. The Hall–Kier alpha value is -3.94. The molecular weight excluding hydrogens is 396 g/mol. The third kappa shape index (κ3) is 5.16. The molecule has 1 aromatic heterocycles. The number of carbonyl (C=O) groups is 3. The molecule has 31 heavy (non-hydrogen) atoms. The number of benzene rings is 2. The predicted molar refractivity (Wildman–Crippen MR) is 114 cm³/mol. The fourth-order valence-corrected chi connectivity index (χ4v) is 2.98. The normalized spacial score (nSPS) is 12.8. The Morgan fingerprint density at radius 2 is 1.77 bits per heavy atom. The smallest absolute Gasteiger partial charge is 0.342 e. The summed E-state index contributed by atoms with van der Waals surface area (Å²) in [5.41, 5.74) is 3.31. The van der Waals surface area contributed by atoms with Gasteiger partial charge < -0.3 is 10.1 Å². The van der Waals surface area contributed by atoms with Gasteiger partial charge in [0.25, 0.3) is 5.91 Å². The van der Waals surface area contributed by atoms with Crippen LogP contribution in [0.5, 0.6) is 0 Å². The van der Waals surface area contributed by atoms with Gasteiger partial charge in [-0.05, 0) is 31.9 Å². The van der Waals surface area contributed by atoms with Crippen molar-refractivity contribution < 1.29 is 19.1 Å². The lowest BCUT2D eigenvalue weighted by molar-refractivity contribution is -0.123. The number of hydrogen-bond donors (Lipinski definition) is 2. The van der Waals surface area contributed by atoms with Crippen molar-refractivity contribution >= 4 is 17.9 Å². The van der Waals surface area contributed by atoms with E-state index in [0.717, 1.165) is 29.7 Å². The molecule has 2 N–H and O–H groups in total. The number of nitrogens with zero attached hydrogens (tertiary/aromatic N) is 2. The van der Waals surface area contributed by atoms with Crippen LogP contribution in [-0.2, 0) is 9.53 Å². The molecule has 1 saturated carbocycles. The first-order valence-electron chi connectivity index (χ1n) is 9.99. The SMILES string of the molecule is Cc1ccc(-n2cc(C(=O)OCC(=O)NC(=O)NC3CC3)c(-c3ccccc3)n2)cc1. The van der Waals surface area contributed by atoms with Gasteiger partial charge in [0, 0.05) is 17.8 Å². The van der Waals surface area contributed by atoms with Crippen molar-refractivity contribution in [1.29, 1.82) is 0 Å². The van der Waals surface area contributed by atoms with Crippen molar-refractivity contribution in [2.24, 2.45) is 0 Å². The van der Waals surface area contributed by atoms with E-state index >= 15 is 0 Å². The van der Waals surface area contributed by atoms with Crippen molar-refractivity contribution in [2.45, 2.75) is 25.8 Å². The molecule has 0 unspecified atom stereocenters. The standard InChI is InChI=1S/C23H22N4O4/c1-15-7-11-18(12-8-15)27-13-19(21(26-27)16-5-3-2-4-6-16)22(29)31-14-20(28)25-23(30)24-17-9-10-17/h2-8,11-13,17H,9-10,14H2,1H3,(H2,24,25,28,30). The van der Waals surface area contributed by atoms with E-state index in [-0.39, 0.29) is 11.6 Å². The first-order chi connectivity index (χ1) is 15.0. The average Bonchev–Trinajstić information content (AvgIpc) is 3.46. The first-order valence-corrected chi connectivity index (χ1v) is 9.99. The summed E-state index contributed by atoms with van der Waals surface area (Å²) in [6, 6.07) is 16.5. The van der Waals surface area contributed by atoms with Crippen LogP contribution in [0.25, 0.3) is 16.9 Å². The second kappa shape index (κ2) is 8.83. The summed E-state index contributed by atoms with van der Waals surface area (Å²) >= 11 is 0. The topological polar surface area (TPSA) is 102 Å². The van der Waals surface area contributed by atoms with Crippen molar-refractivity contribution in [3.05, 3.63) is 71.9 Å². The molecule has 0 spiro atoms. The molecule has 3 aromatic rings. The number of ether oxygens (including phenoxy) is 1. The summed E-state index contributed by atoms with van der Waals surface area (Å²) in [6.07, 6.45) is 3.39. The number of amides is 3. The zero-order valence-corrected chi connectivity index (χ0v) is 17.0. The highest BCUT2D eigenvalue weighted by atomic mass is 16.5. The minimum Gasteiger partial charge on any atom is -0.452 e. The van der Waals surface area contributed by atoms with Crippen molar-refractivity contribution in [3.63, 3.8) is 0 Å². The van der Waals surface area contributed by atoms with Crippen LogP contribution in [0.2, 0.25) is 0 Å². The third-order valence-electron chi connectivity index (χ3n) is 4.78. The number of carbonyl (C=O) groups excluding carboxylic acids is 3. The Labute approximate surface area is 179 Å². The van der Waals surface area contributed by atoms with Gasteiger partial charge >= 0.3 is 12.0 Å². The number of hydrogen-bond acceptors (Lipinski definition) is 5. The lowest BCUT2D eigenvalue weighted by atomic mass is 10.1. The molecule has 158 valence electrons. The molecule has 1 aliphatic rings. The molecule has 1 fully saturated rings. The highest BCUT2D eigenvalue weighted by Gasteiger charge is 2.25. The Balaban J connectivity index is 1.51. The highest BCUT2D eigenvalue weighted by Crippen LogP contribution is 2.24. The van der Waals surface area contributed by atoms with Crippen LogP contribution in [-0.4, -0.2) is 40.3 Å². The molecule has 0 radical (unpaired) electrons. The summed E-state index contributed by atoms with van der Waals surface area (Å²) in [5.74, 6) is -1.39. The Morgan fingerprint density at radius 3 is 2.45 bits per heavy atom. The number of aromatic nitrogens is 2. The van der Waals surface area contributed by atoms with Crippen molar-refractivity contribution in [3.8, 4) is 16.9 Å². The van der Waals surface area contributed by atoms with Gasteiger partial charge in [0.2, 0.25) is 0 Å². The summed E-state index contributed by atoms with van der Waals surface area (Å²) in [6.45, 7) is 1.42. The Morgan fingerprint density at radius 1 is 1.06 bits per heavy atom. The maximum absolute atomic E-state index is 12.8. The van der Waals surface area contributed by atoms with Gasteiger partial charge in [-0.25, -0.2) is 14.3 Å². The molecule has 0 aliphatic heterocycles. The fourth-order valence-electron chi connectivity index (χ4n) is 2.98. The molecule has 1 aliphatic carbocycles. The largest absolute Gasteiger partial charge is 0.452 e. The molecule has 4 rings (SSSR count). The monoisotopic (exact) mass is 418 g/mol. The maximum Gasteiger partial charge on any atom is 0.342 e. The first kappa shape index (κ1) is 20.3. The number of imide groups is 1. The van der Waals surface area contributed by atoms with E-state index in [4.69, 9.17) is 4.74 Å². The minimum absolute atomic E-state index is 0.122. The third-order valence-corrected chi connectivity index (χ3v) is 4.78. The molecule has 0 atom stereocenters. The van der Waals surface area contributed by atoms with Crippen LogP contribution in [0.3, 0.4) is 0 Å². The van der Waals surface area contributed by atoms with E-state index in [2.05, 4.69) is 15.7 Å². The van der Waals surface area contributed by atoms with Crippen LogP contribution < -0.4 is 10.6 Å². The van der Waals surface area contributed by atoms with E-state index < -0.39 is 24.5 Å². The van der Waals surface area contributed by atoms with E-state index in [1.807, 2.05) is 61.5 Å². The second-order valence-electron chi connectivity index (χ2n) is 7.41. The molecule has 0 bridgehead atoms. The summed E-state index contributed by atoms with van der Waals surface area (Å²) < 4.78 is 6.76. The molecule has 3 amide bonds. The zero-order chi connectivity index (χ0) is 21.8. The predicted octanol–water partition coefficient (Wildman–Crippen LogP) is 2.99. The summed E-state index contributed by atoms with van der Waals surface area (Å²) in [5, 5.41) is 9.36. The van der Waals surface area contributed by atoms with Gasteiger partial charge in [0.1, 0.15) is 11.3 Å². The fraction of sp³-hybridized carbons (Fsp3) is 0.217.